The molecule has 0 aliphatic rings. The number of nitrogens with two attached hydrogens (primary N) is 1. The molecule has 0 aliphatic heterocycles. The van der Waals surface area contributed by atoms with Crippen LogP contribution in [0.5, 0.6) is 0 Å². The quantitative estimate of drug-likeness (QED) is 0.887. The molecule has 0 fully saturated rings. The molecule has 0 spiro atoms. The largest absolute Gasteiger partial charge is 0.481 e. The van der Waals surface area contributed by atoms with Crippen molar-refractivity contribution in [2.75, 3.05) is 0 Å². The standard InChI is InChI=1S/C13H11F2N.C2H4O2/c14-11-5-1-9(2-6-11)13(16)10-3-7-12(15)8-4-10;1-2(3)4/h1-8,13H,16H2;1H3,(H,3,4). The summed E-state index contributed by atoms with van der Waals surface area (Å²) >= 11 is 0. The Morgan fingerprint density at radius 3 is 1.45 bits per heavy atom. The van der Waals surface area contributed by atoms with Crippen molar-refractivity contribution in [3.8, 4) is 0 Å². The monoisotopic (exact) mass is 279 g/mol. The average Bonchev–Trinajstić information content (AvgIpc) is 2.39. The van der Waals surface area contributed by atoms with Gasteiger partial charge < -0.3 is 10.8 Å². The van der Waals surface area contributed by atoms with E-state index >= 15 is 0 Å². The highest BCUT2D eigenvalue weighted by molar-refractivity contribution is 5.62. The Bertz CT molecular complexity index is 504. The van der Waals surface area contributed by atoms with Gasteiger partial charge in [0, 0.05) is 6.92 Å². The Balaban J connectivity index is 0.000000444. The Morgan fingerprint density at radius 1 is 0.950 bits per heavy atom. The van der Waals surface area contributed by atoms with E-state index < -0.39 is 5.97 Å². The van der Waals surface area contributed by atoms with Crippen molar-refractivity contribution in [1.29, 1.82) is 0 Å². The van der Waals surface area contributed by atoms with Crippen LogP contribution >= 0.6 is 0 Å². The van der Waals surface area contributed by atoms with Crippen LogP contribution in [0.2, 0.25) is 0 Å². The molecule has 2 aromatic carbocycles. The fourth-order valence-electron chi connectivity index (χ4n) is 1.53. The van der Waals surface area contributed by atoms with Crippen LogP contribution in [0.25, 0.3) is 0 Å². The number of hydrogen-bond donors (Lipinski definition) is 2. The van der Waals surface area contributed by atoms with Crippen LogP contribution in [0.4, 0.5) is 8.78 Å². The fourth-order valence-corrected chi connectivity index (χ4v) is 1.53. The van der Waals surface area contributed by atoms with Gasteiger partial charge in [0.05, 0.1) is 6.04 Å². The lowest BCUT2D eigenvalue weighted by Crippen LogP contribution is -2.11. The summed E-state index contributed by atoms with van der Waals surface area (Å²) < 4.78 is 25.4. The number of carbonyl (C=O) groups is 1. The number of aliphatic carboxylic acids is 1. The van der Waals surface area contributed by atoms with E-state index in [0.29, 0.717) is 0 Å². The maximum Gasteiger partial charge on any atom is 0.300 e. The van der Waals surface area contributed by atoms with Gasteiger partial charge in [0.1, 0.15) is 11.6 Å². The molecule has 5 heteroatoms. The molecule has 0 unspecified atom stereocenters. The minimum atomic E-state index is -0.833. The van der Waals surface area contributed by atoms with E-state index in [1.165, 1.54) is 24.3 Å². The molecule has 0 heterocycles. The first-order valence-electron chi connectivity index (χ1n) is 5.86. The summed E-state index contributed by atoms with van der Waals surface area (Å²) in [6.07, 6.45) is 0. The number of carboxylic acids is 1. The van der Waals surface area contributed by atoms with Gasteiger partial charge in [0.2, 0.25) is 0 Å². The third-order valence-corrected chi connectivity index (χ3v) is 2.46. The molecule has 2 rings (SSSR count). The number of rotatable bonds is 2. The smallest absolute Gasteiger partial charge is 0.300 e. The summed E-state index contributed by atoms with van der Waals surface area (Å²) in [6.45, 7) is 1.08. The lowest BCUT2D eigenvalue weighted by Gasteiger charge is -2.12. The highest BCUT2D eigenvalue weighted by Gasteiger charge is 2.08. The number of carboxylic acid groups (broad SMARTS) is 1. The summed E-state index contributed by atoms with van der Waals surface area (Å²) in [6, 6.07) is 11.6. The Labute approximate surface area is 115 Å². The van der Waals surface area contributed by atoms with E-state index in [-0.39, 0.29) is 17.7 Å². The lowest BCUT2D eigenvalue weighted by atomic mass is 10.00. The second-order valence-electron chi connectivity index (χ2n) is 4.10. The van der Waals surface area contributed by atoms with Gasteiger partial charge in [0.15, 0.2) is 0 Å². The molecular weight excluding hydrogens is 264 g/mol. The number of hydrogen-bond acceptors (Lipinski definition) is 2. The SMILES string of the molecule is CC(=O)O.NC(c1ccc(F)cc1)c1ccc(F)cc1. The van der Waals surface area contributed by atoms with E-state index in [4.69, 9.17) is 15.6 Å². The predicted molar refractivity (Wildman–Crippen MR) is 72.1 cm³/mol. The van der Waals surface area contributed by atoms with Crippen LogP contribution in [-0.2, 0) is 4.79 Å². The molecule has 106 valence electrons. The molecule has 0 aliphatic carbocycles. The molecule has 0 amide bonds. The van der Waals surface area contributed by atoms with Crippen LogP contribution in [0.15, 0.2) is 48.5 Å². The molecule has 3 nitrogen and oxygen atoms in total. The van der Waals surface area contributed by atoms with Crippen molar-refractivity contribution in [2.24, 2.45) is 5.73 Å². The molecule has 0 atom stereocenters. The van der Waals surface area contributed by atoms with Gasteiger partial charge in [-0.25, -0.2) is 8.78 Å². The zero-order valence-electron chi connectivity index (χ0n) is 10.9. The van der Waals surface area contributed by atoms with Crippen molar-refractivity contribution < 1.29 is 18.7 Å². The number of benzene rings is 2. The van der Waals surface area contributed by atoms with Crippen LogP contribution in [0, 0.1) is 11.6 Å². The summed E-state index contributed by atoms with van der Waals surface area (Å²) in [5, 5.41) is 7.42. The van der Waals surface area contributed by atoms with Crippen LogP contribution in [0.1, 0.15) is 24.1 Å². The van der Waals surface area contributed by atoms with Gasteiger partial charge in [-0.05, 0) is 35.4 Å². The first-order chi connectivity index (χ1) is 9.40. The zero-order chi connectivity index (χ0) is 15.1. The first kappa shape index (κ1) is 15.8. The molecule has 20 heavy (non-hydrogen) atoms. The highest BCUT2D eigenvalue weighted by Crippen LogP contribution is 2.19. The topological polar surface area (TPSA) is 63.3 Å². The van der Waals surface area contributed by atoms with E-state index in [2.05, 4.69) is 0 Å². The molecule has 0 saturated carbocycles. The normalized spacial score (nSPS) is 9.85. The van der Waals surface area contributed by atoms with Gasteiger partial charge in [-0.15, -0.1) is 0 Å². The van der Waals surface area contributed by atoms with E-state index in [0.717, 1.165) is 18.1 Å². The maximum atomic E-state index is 12.7. The molecular formula is C15H15F2NO2. The van der Waals surface area contributed by atoms with E-state index in [1.54, 1.807) is 24.3 Å². The second-order valence-corrected chi connectivity index (χ2v) is 4.10. The van der Waals surface area contributed by atoms with Crippen molar-refractivity contribution >= 4 is 5.97 Å². The summed E-state index contributed by atoms with van der Waals surface area (Å²) in [5.41, 5.74) is 7.57. The number of halogens is 2. The van der Waals surface area contributed by atoms with Gasteiger partial charge >= 0.3 is 0 Å². The van der Waals surface area contributed by atoms with Gasteiger partial charge in [-0.2, -0.15) is 0 Å². The molecule has 3 N–H and O–H groups in total. The Kier molecular flexibility index (Phi) is 5.80. The van der Waals surface area contributed by atoms with Crippen molar-refractivity contribution in [3.05, 3.63) is 71.3 Å². The minimum absolute atomic E-state index is 0.296. The van der Waals surface area contributed by atoms with Crippen LogP contribution in [0.3, 0.4) is 0 Å². The second kappa shape index (κ2) is 7.35. The molecule has 0 aromatic heterocycles. The van der Waals surface area contributed by atoms with E-state index in [9.17, 15) is 8.78 Å². The molecule has 2 aromatic rings. The van der Waals surface area contributed by atoms with Gasteiger partial charge in [-0.3, -0.25) is 4.79 Å². The van der Waals surface area contributed by atoms with Crippen LogP contribution in [-0.4, -0.2) is 11.1 Å². The lowest BCUT2D eigenvalue weighted by molar-refractivity contribution is -0.134. The Morgan fingerprint density at radius 2 is 1.20 bits per heavy atom. The van der Waals surface area contributed by atoms with Gasteiger partial charge in [0.25, 0.3) is 5.97 Å². The Hall–Kier alpha value is -2.27. The minimum Gasteiger partial charge on any atom is -0.481 e. The third-order valence-electron chi connectivity index (χ3n) is 2.46. The predicted octanol–water partition coefficient (Wildman–Crippen LogP) is 3.10. The molecule has 0 radical (unpaired) electrons. The maximum absolute atomic E-state index is 12.7. The first-order valence-corrected chi connectivity index (χ1v) is 5.86. The summed E-state index contributed by atoms with van der Waals surface area (Å²) in [4.78, 5) is 9.00. The zero-order valence-corrected chi connectivity index (χ0v) is 10.9. The molecule has 0 saturated heterocycles. The van der Waals surface area contributed by atoms with Crippen molar-refractivity contribution in [2.45, 2.75) is 13.0 Å². The van der Waals surface area contributed by atoms with Crippen LogP contribution < -0.4 is 5.73 Å². The van der Waals surface area contributed by atoms with Crippen molar-refractivity contribution in [3.63, 3.8) is 0 Å². The fraction of sp³-hybridized carbons (Fsp3) is 0.133. The van der Waals surface area contributed by atoms with Crippen molar-refractivity contribution in [1.82, 2.24) is 0 Å². The van der Waals surface area contributed by atoms with E-state index in [1.807, 2.05) is 0 Å². The van der Waals surface area contributed by atoms with Gasteiger partial charge in [-0.1, -0.05) is 24.3 Å². The highest BCUT2D eigenvalue weighted by atomic mass is 19.1. The third kappa shape index (κ3) is 5.16. The summed E-state index contributed by atoms with van der Waals surface area (Å²) in [7, 11) is 0. The summed E-state index contributed by atoms with van der Waals surface area (Å²) in [5.74, 6) is -1.43. The molecule has 0 bridgehead atoms. The average molecular weight is 279 g/mol.